The van der Waals surface area contributed by atoms with Gasteiger partial charge in [-0.05, 0) is 69.8 Å². The molecule has 8 aromatic carbocycles. The van der Waals surface area contributed by atoms with Crippen LogP contribution in [0.1, 0.15) is 0 Å². The van der Waals surface area contributed by atoms with Crippen LogP contribution in [0.5, 0.6) is 0 Å². The molecule has 0 spiro atoms. The van der Waals surface area contributed by atoms with E-state index < -0.39 is 0 Å². The Morgan fingerprint density at radius 3 is 1.88 bits per heavy atom. The predicted molar refractivity (Wildman–Crippen MR) is 215 cm³/mol. The Morgan fingerprint density at radius 2 is 1.08 bits per heavy atom. The second-order valence-electron chi connectivity index (χ2n) is 13.4. The molecule has 242 valence electrons. The predicted octanol–water partition coefficient (Wildman–Crippen LogP) is 12.8. The van der Waals surface area contributed by atoms with Gasteiger partial charge in [-0.15, -0.1) is 0 Å². The lowest BCUT2D eigenvalue weighted by molar-refractivity contribution is 0.667. The Kier molecular flexibility index (Phi) is 6.22. The van der Waals surface area contributed by atoms with Crippen LogP contribution in [0.3, 0.4) is 0 Å². The van der Waals surface area contributed by atoms with Crippen LogP contribution in [-0.4, -0.2) is 14.5 Å². The SMILES string of the molecule is c1ccc(-c2ccc3oc4c(-c5cc(-n6c7ccccc7c7cc8ccccc8cc76)c6ccccc6c5)nc(-c5ccccc5)nc4c3c2)cc1. The van der Waals surface area contributed by atoms with E-state index in [0.717, 1.165) is 71.9 Å². The summed E-state index contributed by atoms with van der Waals surface area (Å²) >= 11 is 0. The van der Waals surface area contributed by atoms with E-state index in [4.69, 9.17) is 14.4 Å². The van der Waals surface area contributed by atoms with E-state index >= 15 is 0 Å². The minimum atomic E-state index is 0.661. The van der Waals surface area contributed by atoms with Crippen LogP contribution in [0.15, 0.2) is 180 Å². The first-order valence-electron chi connectivity index (χ1n) is 17.6. The van der Waals surface area contributed by atoms with Gasteiger partial charge in [0.15, 0.2) is 11.4 Å². The molecule has 0 unspecified atom stereocenters. The minimum absolute atomic E-state index is 0.661. The van der Waals surface area contributed by atoms with Gasteiger partial charge in [0.05, 0.1) is 16.7 Å². The molecule has 11 rings (SSSR count). The van der Waals surface area contributed by atoms with Crippen molar-refractivity contribution in [2.75, 3.05) is 0 Å². The van der Waals surface area contributed by atoms with Gasteiger partial charge in [-0.1, -0.05) is 133 Å². The number of hydrogen-bond donors (Lipinski definition) is 0. The Balaban J connectivity index is 1.23. The highest BCUT2D eigenvalue weighted by molar-refractivity contribution is 6.15. The van der Waals surface area contributed by atoms with Gasteiger partial charge in [0.2, 0.25) is 0 Å². The first-order chi connectivity index (χ1) is 25.8. The number of nitrogens with zero attached hydrogens (tertiary/aromatic N) is 3. The summed E-state index contributed by atoms with van der Waals surface area (Å²) in [6, 6.07) is 62.1. The number of hydrogen-bond acceptors (Lipinski definition) is 3. The van der Waals surface area contributed by atoms with Gasteiger partial charge in [0.1, 0.15) is 16.8 Å². The van der Waals surface area contributed by atoms with Crippen molar-refractivity contribution in [1.82, 2.24) is 14.5 Å². The standard InChI is InChI=1S/C48H29N3O/c1-3-13-30(14-4-1)34-23-24-44-40(27-34)46-47(52-44)45(49-48(50-46)31-15-5-2-6-16-31)36-25-35-19-9-10-20-37(35)42(29-36)51-41-22-12-11-21-38(41)39-26-32-17-7-8-18-33(32)28-43(39)51/h1-29H. The summed E-state index contributed by atoms with van der Waals surface area (Å²) in [6.07, 6.45) is 0. The highest BCUT2D eigenvalue weighted by atomic mass is 16.3. The zero-order valence-corrected chi connectivity index (χ0v) is 28.0. The molecule has 0 N–H and O–H groups in total. The number of fused-ring (bicyclic) bond motifs is 8. The molecule has 4 heteroatoms. The fourth-order valence-electron chi connectivity index (χ4n) is 7.89. The Hall–Kier alpha value is -7.04. The summed E-state index contributed by atoms with van der Waals surface area (Å²) in [4.78, 5) is 10.5. The fraction of sp³-hybridized carbons (Fsp3) is 0. The summed E-state index contributed by atoms with van der Waals surface area (Å²) < 4.78 is 9.14. The molecule has 0 aliphatic carbocycles. The zero-order valence-electron chi connectivity index (χ0n) is 28.0. The van der Waals surface area contributed by atoms with Crippen LogP contribution < -0.4 is 0 Å². The number of para-hydroxylation sites is 1. The van der Waals surface area contributed by atoms with Crippen LogP contribution >= 0.6 is 0 Å². The number of benzene rings is 8. The summed E-state index contributed by atoms with van der Waals surface area (Å²) in [5.74, 6) is 0.661. The molecule has 11 aromatic rings. The molecule has 0 aliphatic rings. The summed E-state index contributed by atoms with van der Waals surface area (Å²) in [5, 5.41) is 8.14. The quantitative estimate of drug-likeness (QED) is 0.188. The topological polar surface area (TPSA) is 43.9 Å². The van der Waals surface area contributed by atoms with Gasteiger partial charge in [-0.25, -0.2) is 9.97 Å². The molecular weight excluding hydrogens is 635 g/mol. The average molecular weight is 664 g/mol. The van der Waals surface area contributed by atoms with Gasteiger partial charge < -0.3 is 8.98 Å². The van der Waals surface area contributed by atoms with Crippen LogP contribution in [0.25, 0.3) is 105 Å². The van der Waals surface area contributed by atoms with Gasteiger partial charge in [0.25, 0.3) is 0 Å². The van der Waals surface area contributed by atoms with Crippen molar-refractivity contribution < 1.29 is 4.42 Å². The van der Waals surface area contributed by atoms with Gasteiger partial charge in [0, 0.05) is 32.7 Å². The third-order valence-corrected chi connectivity index (χ3v) is 10.3. The third-order valence-electron chi connectivity index (χ3n) is 10.3. The third kappa shape index (κ3) is 4.41. The molecule has 0 radical (unpaired) electrons. The molecule has 0 saturated heterocycles. The van der Waals surface area contributed by atoms with Gasteiger partial charge in [-0.3, -0.25) is 0 Å². The highest BCUT2D eigenvalue weighted by Crippen LogP contribution is 2.42. The Morgan fingerprint density at radius 1 is 0.404 bits per heavy atom. The normalized spacial score (nSPS) is 11.8. The van der Waals surface area contributed by atoms with Crippen LogP contribution in [0.2, 0.25) is 0 Å². The maximum absolute atomic E-state index is 6.72. The molecule has 0 atom stereocenters. The maximum atomic E-state index is 6.72. The fourth-order valence-corrected chi connectivity index (χ4v) is 7.89. The summed E-state index contributed by atoms with van der Waals surface area (Å²) in [6.45, 7) is 0. The first kappa shape index (κ1) is 28.8. The first-order valence-corrected chi connectivity index (χ1v) is 17.6. The number of furan rings is 1. The zero-order chi connectivity index (χ0) is 34.2. The molecule has 4 nitrogen and oxygen atoms in total. The molecular formula is C48H29N3O. The summed E-state index contributed by atoms with van der Waals surface area (Å²) in [7, 11) is 0. The summed E-state index contributed by atoms with van der Waals surface area (Å²) in [5.41, 5.74) is 10.6. The lowest BCUT2D eigenvalue weighted by atomic mass is 10.0. The maximum Gasteiger partial charge on any atom is 0.180 e. The average Bonchev–Trinajstić information content (AvgIpc) is 3.74. The largest absolute Gasteiger partial charge is 0.452 e. The van der Waals surface area contributed by atoms with Crippen molar-refractivity contribution >= 4 is 65.4 Å². The van der Waals surface area contributed by atoms with Gasteiger partial charge >= 0.3 is 0 Å². The van der Waals surface area contributed by atoms with E-state index in [1.165, 1.54) is 21.5 Å². The van der Waals surface area contributed by atoms with Crippen LogP contribution in [0.4, 0.5) is 0 Å². The van der Waals surface area contributed by atoms with E-state index in [1.807, 2.05) is 24.3 Å². The van der Waals surface area contributed by atoms with E-state index in [1.54, 1.807) is 0 Å². The van der Waals surface area contributed by atoms with Crippen molar-refractivity contribution in [3.8, 4) is 39.5 Å². The van der Waals surface area contributed by atoms with E-state index in [9.17, 15) is 0 Å². The molecule has 52 heavy (non-hydrogen) atoms. The smallest absolute Gasteiger partial charge is 0.180 e. The van der Waals surface area contributed by atoms with Crippen molar-refractivity contribution in [3.63, 3.8) is 0 Å². The van der Waals surface area contributed by atoms with E-state index in [0.29, 0.717) is 11.4 Å². The molecule has 0 aliphatic heterocycles. The van der Waals surface area contributed by atoms with Crippen LogP contribution in [-0.2, 0) is 0 Å². The van der Waals surface area contributed by atoms with E-state index in [-0.39, 0.29) is 0 Å². The number of aromatic nitrogens is 3. The molecule has 0 amide bonds. The second-order valence-corrected chi connectivity index (χ2v) is 13.4. The van der Waals surface area contributed by atoms with Crippen molar-refractivity contribution in [1.29, 1.82) is 0 Å². The van der Waals surface area contributed by atoms with E-state index in [2.05, 4.69) is 156 Å². The molecule has 0 saturated carbocycles. The molecule has 3 aromatic heterocycles. The lowest BCUT2D eigenvalue weighted by Gasteiger charge is -2.15. The number of rotatable bonds is 4. The highest BCUT2D eigenvalue weighted by Gasteiger charge is 2.22. The Bertz CT molecular complexity index is 3180. The second kappa shape index (κ2) is 11.2. The molecule has 3 heterocycles. The van der Waals surface area contributed by atoms with Crippen molar-refractivity contribution in [3.05, 3.63) is 176 Å². The molecule has 0 bridgehead atoms. The molecule has 0 fully saturated rings. The Labute approximate surface area is 298 Å². The van der Waals surface area contributed by atoms with Crippen molar-refractivity contribution in [2.45, 2.75) is 0 Å². The lowest BCUT2D eigenvalue weighted by Crippen LogP contribution is -1.98. The van der Waals surface area contributed by atoms with Gasteiger partial charge in [-0.2, -0.15) is 0 Å². The van der Waals surface area contributed by atoms with Crippen LogP contribution in [0, 0.1) is 0 Å². The minimum Gasteiger partial charge on any atom is -0.452 e. The van der Waals surface area contributed by atoms with Crippen molar-refractivity contribution in [2.24, 2.45) is 0 Å². The monoisotopic (exact) mass is 663 g/mol.